The van der Waals surface area contributed by atoms with Gasteiger partial charge >= 0.3 is 6.18 Å². The highest BCUT2D eigenvalue weighted by Gasteiger charge is 2.43. The van der Waals surface area contributed by atoms with Crippen molar-refractivity contribution in [3.05, 3.63) is 68.4 Å². The molecule has 0 saturated carbocycles. The largest absolute Gasteiger partial charge is 0.435 e. The van der Waals surface area contributed by atoms with Gasteiger partial charge < -0.3 is 0 Å². The molecule has 0 spiro atoms. The monoisotopic (exact) mass is 534 g/mol. The third kappa shape index (κ3) is 4.65. The maximum absolute atomic E-state index is 13.9. The van der Waals surface area contributed by atoms with Crippen LogP contribution in [0.2, 0.25) is 15.1 Å². The van der Waals surface area contributed by atoms with Crippen LogP contribution in [-0.4, -0.2) is 29.3 Å². The van der Waals surface area contributed by atoms with Gasteiger partial charge in [-0.1, -0.05) is 40.0 Å². The first-order valence-electron chi connectivity index (χ1n) is 7.92. The normalized spacial score (nSPS) is 12.1. The molecule has 0 saturated heterocycles. The minimum atomic E-state index is -5.26. The molecule has 7 nitrogen and oxygen atoms in total. The molecule has 1 amide bonds. The van der Waals surface area contributed by atoms with Crippen LogP contribution in [0.5, 0.6) is 0 Å². The summed E-state index contributed by atoms with van der Waals surface area (Å²) in [5.41, 5.74) is -3.60. The number of amides is 1. The van der Waals surface area contributed by atoms with E-state index in [0.717, 1.165) is 12.1 Å². The maximum atomic E-state index is 13.9. The Kier molecular flexibility index (Phi) is 6.39. The SMILES string of the molecule is O=C(NS(=O)(=O)c1cc(Cl)c(F)cc1F)c1nnn(-c2ccc(Cl)cc2Cl)c1C(F)(F)F. The molecule has 1 heterocycles. The lowest BCUT2D eigenvalue weighted by molar-refractivity contribution is -0.143. The van der Waals surface area contributed by atoms with Crippen molar-refractivity contribution in [2.24, 2.45) is 0 Å². The van der Waals surface area contributed by atoms with E-state index in [1.807, 2.05) is 0 Å². The number of aromatic nitrogens is 3. The Hall–Kier alpha value is -2.48. The molecule has 3 rings (SSSR count). The number of carbonyl (C=O) groups excluding carboxylic acids is 1. The molecule has 0 aliphatic carbocycles. The van der Waals surface area contributed by atoms with E-state index >= 15 is 0 Å². The predicted octanol–water partition coefficient (Wildman–Crippen LogP) is 4.64. The molecule has 170 valence electrons. The molecule has 0 bridgehead atoms. The zero-order valence-corrected chi connectivity index (χ0v) is 18.0. The molecule has 3 aromatic rings. The van der Waals surface area contributed by atoms with Gasteiger partial charge in [-0.25, -0.2) is 26.6 Å². The number of alkyl halides is 3. The quantitative estimate of drug-likeness (QED) is 0.388. The van der Waals surface area contributed by atoms with Gasteiger partial charge in [-0.15, -0.1) is 5.10 Å². The second-order valence-corrected chi connectivity index (χ2v) is 8.82. The third-order valence-electron chi connectivity index (χ3n) is 3.78. The van der Waals surface area contributed by atoms with E-state index in [2.05, 4.69) is 10.3 Å². The van der Waals surface area contributed by atoms with Crippen molar-refractivity contribution < 1.29 is 35.2 Å². The molecule has 0 fully saturated rings. The van der Waals surface area contributed by atoms with Crippen LogP contribution in [0.15, 0.2) is 35.2 Å². The summed E-state index contributed by atoms with van der Waals surface area (Å²) in [7, 11) is -5.12. The molecular formula is C16H6Cl3F5N4O3S. The van der Waals surface area contributed by atoms with E-state index in [0.29, 0.717) is 6.07 Å². The standard InChI is InChI=1S/C16H6Cl3F5N4O3S/c17-6-1-2-11(8(19)3-6)28-14(16(22,23)24)13(25-27-28)15(29)26-32(30,31)12-4-7(18)9(20)5-10(12)21/h1-5H,(H,26,29). The molecule has 0 atom stereocenters. The van der Waals surface area contributed by atoms with Crippen LogP contribution in [0.3, 0.4) is 0 Å². The van der Waals surface area contributed by atoms with Crippen molar-refractivity contribution in [3.8, 4) is 5.69 Å². The highest BCUT2D eigenvalue weighted by molar-refractivity contribution is 7.90. The lowest BCUT2D eigenvalue weighted by Crippen LogP contribution is -2.33. The molecule has 0 aliphatic heterocycles. The van der Waals surface area contributed by atoms with Crippen LogP contribution in [0.25, 0.3) is 5.69 Å². The van der Waals surface area contributed by atoms with E-state index in [1.54, 1.807) is 0 Å². The van der Waals surface area contributed by atoms with Crippen LogP contribution in [0.1, 0.15) is 16.2 Å². The molecule has 2 aromatic carbocycles. The number of hydrogen-bond acceptors (Lipinski definition) is 5. The van der Waals surface area contributed by atoms with Crippen LogP contribution in [0, 0.1) is 11.6 Å². The van der Waals surface area contributed by atoms with Crippen LogP contribution in [-0.2, 0) is 16.2 Å². The molecule has 32 heavy (non-hydrogen) atoms. The number of carbonyl (C=O) groups is 1. The van der Waals surface area contributed by atoms with Crippen molar-refractivity contribution in [3.63, 3.8) is 0 Å². The predicted molar refractivity (Wildman–Crippen MR) is 102 cm³/mol. The molecule has 0 radical (unpaired) electrons. The maximum Gasteiger partial charge on any atom is 0.435 e. The summed E-state index contributed by atoms with van der Waals surface area (Å²) in [6.07, 6.45) is -5.26. The number of hydrogen-bond donors (Lipinski definition) is 1. The van der Waals surface area contributed by atoms with E-state index in [9.17, 15) is 35.2 Å². The third-order valence-corrected chi connectivity index (χ3v) is 5.96. The van der Waals surface area contributed by atoms with Gasteiger partial charge in [0.15, 0.2) is 11.4 Å². The van der Waals surface area contributed by atoms with Crippen molar-refractivity contribution in [1.82, 2.24) is 19.7 Å². The Balaban J connectivity index is 2.08. The summed E-state index contributed by atoms with van der Waals surface area (Å²) < 4.78 is 94.2. The van der Waals surface area contributed by atoms with E-state index < -0.39 is 55.0 Å². The molecular weight excluding hydrogens is 530 g/mol. The fraction of sp³-hybridized carbons (Fsp3) is 0.0625. The summed E-state index contributed by atoms with van der Waals surface area (Å²) in [6.45, 7) is 0. The smallest absolute Gasteiger partial charge is 0.266 e. The van der Waals surface area contributed by atoms with Crippen molar-refractivity contribution in [2.75, 3.05) is 0 Å². The zero-order valence-electron chi connectivity index (χ0n) is 14.9. The molecule has 0 unspecified atom stereocenters. The lowest BCUT2D eigenvalue weighted by Gasteiger charge is -2.13. The highest BCUT2D eigenvalue weighted by Crippen LogP contribution is 2.35. The van der Waals surface area contributed by atoms with Crippen LogP contribution in [0.4, 0.5) is 22.0 Å². The minimum absolute atomic E-state index is 0.0940. The first-order chi connectivity index (χ1) is 14.7. The summed E-state index contributed by atoms with van der Waals surface area (Å²) in [4.78, 5) is 11.1. The number of benzene rings is 2. The van der Waals surface area contributed by atoms with Gasteiger partial charge in [-0.2, -0.15) is 13.2 Å². The summed E-state index contributed by atoms with van der Waals surface area (Å²) >= 11 is 17.0. The molecule has 1 aromatic heterocycles. The van der Waals surface area contributed by atoms with Gasteiger partial charge in [-0.05, 0) is 24.3 Å². The first kappa shape index (κ1) is 24.2. The molecule has 0 aliphatic rings. The molecule has 16 heteroatoms. The van der Waals surface area contributed by atoms with Crippen LogP contribution >= 0.6 is 34.8 Å². The summed E-state index contributed by atoms with van der Waals surface area (Å²) in [5, 5.41) is 5.33. The highest BCUT2D eigenvalue weighted by atomic mass is 35.5. The Morgan fingerprint density at radius 2 is 1.66 bits per heavy atom. The number of halogens is 8. The second-order valence-electron chi connectivity index (χ2n) is 5.92. The topological polar surface area (TPSA) is 93.9 Å². The average molecular weight is 536 g/mol. The van der Waals surface area contributed by atoms with Crippen LogP contribution < -0.4 is 4.72 Å². The number of nitrogens with one attached hydrogen (secondary N) is 1. The van der Waals surface area contributed by atoms with E-state index in [4.69, 9.17) is 34.8 Å². The molecule has 1 N–H and O–H groups in total. The fourth-order valence-electron chi connectivity index (χ4n) is 2.45. The minimum Gasteiger partial charge on any atom is -0.266 e. The van der Waals surface area contributed by atoms with Crippen molar-refractivity contribution in [2.45, 2.75) is 11.1 Å². The Morgan fingerprint density at radius 1 is 1.00 bits per heavy atom. The van der Waals surface area contributed by atoms with Crippen molar-refractivity contribution >= 4 is 50.7 Å². The first-order valence-corrected chi connectivity index (χ1v) is 10.5. The summed E-state index contributed by atoms with van der Waals surface area (Å²) in [6, 6.07) is 3.82. The van der Waals surface area contributed by atoms with Gasteiger partial charge in [0.2, 0.25) is 0 Å². The second kappa shape index (κ2) is 8.46. The van der Waals surface area contributed by atoms with Gasteiger partial charge in [-0.3, -0.25) is 4.79 Å². The van der Waals surface area contributed by atoms with E-state index in [1.165, 1.54) is 10.8 Å². The van der Waals surface area contributed by atoms with E-state index in [-0.39, 0.29) is 26.5 Å². The fourth-order valence-corrected chi connectivity index (χ4v) is 4.20. The van der Waals surface area contributed by atoms with Gasteiger partial charge in [0.05, 0.1) is 15.7 Å². The zero-order chi connectivity index (χ0) is 24.0. The Bertz CT molecular complexity index is 1350. The Morgan fingerprint density at radius 3 is 2.25 bits per heavy atom. The Labute approximate surface area is 190 Å². The lowest BCUT2D eigenvalue weighted by atomic mass is 10.2. The number of nitrogens with zero attached hydrogens (tertiary/aromatic N) is 3. The van der Waals surface area contributed by atoms with Crippen molar-refractivity contribution in [1.29, 1.82) is 0 Å². The number of sulfonamides is 1. The number of rotatable bonds is 4. The van der Waals surface area contributed by atoms with Gasteiger partial charge in [0.25, 0.3) is 15.9 Å². The van der Waals surface area contributed by atoms with Gasteiger partial charge in [0.1, 0.15) is 16.5 Å². The summed E-state index contributed by atoms with van der Waals surface area (Å²) in [5.74, 6) is -4.83. The van der Waals surface area contributed by atoms with Gasteiger partial charge in [0, 0.05) is 11.1 Å². The average Bonchev–Trinajstić information content (AvgIpc) is 3.09.